The third-order valence-electron chi connectivity index (χ3n) is 3.74. The maximum absolute atomic E-state index is 12.4. The molecule has 102 valence electrons. The van der Waals surface area contributed by atoms with Crippen LogP contribution in [0.25, 0.3) is 0 Å². The summed E-state index contributed by atoms with van der Waals surface area (Å²) in [5.74, 6) is -1.21. The summed E-state index contributed by atoms with van der Waals surface area (Å²) in [5, 5.41) is 11.0. The van der Waals surface area contributed by atoms with Crippen molar-refractivity contribution in [3.8, 4) is 0 Å². The molecule has 4 nitrogen and oxygen atoms in total. The fraction of sp³-hybridized carbons (Fsp3) is 0.429. The minimum atomic E-state index is -1.04. The molecule has 1 aliphatic heterocycles. The Bertz CT molecular complexity index is 559. The number of nitrogens with zero attached hydrogens (tertiary/aromatic N) is 1. The molecule has 0 radical (unpaired) electrons. The molecule has 1 unspecified atom stereocenters. The standard InChI is InChI=1S/C14H17NO3S/c1-8(9(2)14(17)18)13(16)15-6-4-12-11(10(15)3)5-7-19-12/h5,7,10H,4,6H2,1-3H3,(H,17,18)/b9-8-. The summed E-state index contributed by atoms with van der Waals surface area (Å²) in [5.41, 5.74) is 1.62. The topological polar surface area (TPSA) is 57.6 Å². The van der Waals surface area contributed by atoms with Crippen molar-refractivity contribution in [3.63, 3.8) is 0 Å². The van der Waals surface area contributed by atoms with Gasteiger partial charge in [-0.3, -0.25) is 4.79 Å². The number of carboxylic acid groups (broad SMARTS) is 1. The van der Waals surface area contributed by atoms with Gasteiger partial charge in [0.25, 0.3) is 5.91 Å². The molecule has 0 aliphatic carbocycles. The van der Waals surface area contributed by atoms with E-state index in [0.29, 0.717) is 12.1 Å². The van der Waals surface area contributed by atoms with Crippen LogP contribution < -0.4 is 0 Å². The van der Waals surface area contributed by atoms with Crippen LogP contribution in [0.3, 0.4) is 0 Å². The predicted octanol–water partition coefficient (Wildman–Crippen LogP) is 2.61. The average Bonchev–Trinajstić information content (AvgIpc) is 2.85. The number of carboxylic acids is 1. The first-order valence-corrected chi connectivity index (χ1v) is 7.09. The minimum absolute atomic E-state index is 0.0130. The Kier molecular flexibility index (Phi) is 3.75. The largest absolute Gasteiger partial charge is 0.478 e. The molecule has 1 N–H and O–H groups in total. The van der Waals surface area contributed by atoms with E-state index in [-0.39, 0.29) is 17.5 Å². The van der Waals surface area contributed by atoms with E-state index in [9.17, 15) is 9.59 Å². The van der Waals surface area contributed by atoms with Crippen LogP contribution in [0, 0.1) is 0 Å². The van der Waals surface area contributed by atoms with Gasteiger partial charge in [-0.25, -0.2) is 4.79 Å². The third-order valence-corrected chi connectivity index (χ3v) is 4.74. The number of thiophene rings is 1. The summed E-state index contributed by atoms with van der Waals surface area (Å²) in [7, 11) is 0. The maximum Gasteiger partial charge on any atom is 0.331 e. The monoisotopic (exact) mass is 279 g/mol. The number of fused-ring (bicyclic) bond motifs is 1. The zero-order chi connectivity index (χ0) is 14.2. The molecular weight excluding hydrogens is 262 g/mol. The van der Waals surface area contributed by atoms with Crippen molar-refractivity contribution in [3.05, 3.63) is 33.0 Å². The second-order valence-electron chi connectivity index (χ2n) is 4.78. The van der Waals surface area contributed by atoms with Gasteiger partial charge in [0.05, 0.1) is 6.04 Å². The number of hydrogen-bond donors (Lipinski definition) is 1. The van der Waals surface area contributed by atoms with Crippen molar-refractivity contribution in [2.45, 2.75) is 33.2 Å². The first kappa shape index (κ1) is 13.8. The molecule has 0 spiro atoms. The van der Waals surface area contributed by atoms with Crippen molar-refractivity contribution in [1.29, 1.82) is 0 Å². The highest BCUT2D eigenvalue weighted by molar-refractivity contribution is 7.10. The van der Waals surface area contributed by atoms with E-state index >= 15 is 0 Å². The lowest BCUT2D eigenvalue weighted by atomic mass is 9.99. The van der Waals surface area contributed by atoms with Gasteiger partial charge in [-0.15, -0.1) is 11.3 Å². The molecular formula is C14H17NO3S. The molecule has 1 aromatic heterocycles. The van der Waals surface area contributed by atoms with Crippen LogP contribution in [0.4, 0.5) is 0 Å². The van der Waals surface area contributed by atoms with E-state index < -0.39 is 5.97 Å². The van der Waals surface area contributed by atoms with Crippen LogP contribution in [0.2, 0.25) is 0 Å². The number of amides is 1. The minimum Gasteiger partial charge on any atom is -0.478 e. The van der Waals surface area contributed by atoms with Gasteiger partial charge in [0, 0.05) is 22.6 Å². The van der Waals surface area contributed by atoms with E-state index in [0.717, 1.165) is 6.42 Å². The Morgan fingerprint density at radius 1 is 1.37 bits per heavy atom. The lowest BCUT2D eigenvalue weighted by Crippen LogP contribution is -2.39. The number of hydrogen-bond acceptors (Lipinski definition) is 3. The van der Waals surface area contributed by atoms with Gasteiger partial charge in [0.2, 0.25) is 0 Å². The summed E-state index contributed by atoms with van der Waals surface area (Å²) < 4.78 is 0. The highest BCUT2D eigenvalue weighted by atomic mass is 32.1. The highest BCUT2D eigenvalue weighted by Crippen LogP contribution is 2.33. The zero-order valence-corrected chi connectivity index (χ0v) is 12.1. The SMILES string of the molecule is C/C(C(=O)O)=C(\C)C(=O)N1CCc2sccc2C1C. The second kappa shape index (κ2) is 5.17. The molecule has 1 atom stereocenters. The maximum atomic E-state index is 12.4. The lowest BCUT2D eigenvalue weighted by Gasteiger charge is -2.34. The molecule has 1 aliphatic rings. The molecule has 0 aromatic carbocycles. The molecule has 1 amide bonds. The first-order chi connectivity index (χ1) is 8.93. The lowest BCUT2D eigenvalue weighted by molar-refractivity contribution is -0.134. The molecule has 5 heteroatoms. The fourth-order valence-electron chi connectivity index (χ4n) is 2.32. The molecule has 0 saturated heterocycles. The van der Waals surface area contributed by atoms with E-state index in [1.165, 1.54) is 17.4 Å². The smallest absolute Gasteiger partial charge is 0.331 e. The summed E-state index contributed by atoms with van der Waals surface area (Å²) in [6.07, 6.45) is 0.850. The Morgan fingerprint density at radius 3 is 2.68 bits per heavy atom. The van der Waals surface area contributed by atoms with Crippen molar-refractivity contribution in [2.75, 3.05) is 6.54 Å². The van der Waals surface area contributed by atoms with E-state index in [2.05, 4.69) is 0 Å². The quantitative estimate of drug-likeness (QED) is 0.847. The van der Waals surface area contributed by atoms with E-state index in [1.54, 1.807) is 23.2 Å². The Hall–Kier alpha value is -1.62. The van der Waals surface area contributed by atoms with Gasteiger partial charge in [-0.1, -0.05) is 0 Å². The van der Waals surface area contributed by atoms with Crippen molar-refractivity contribution < 1.29 is 14.7 Å². The number of carbonyl (C=O) groups excluding carboxylic acids is 1. The van der Waals surface area contributed by atoms with Gasteiger partial charge in [0.15, 0.2) is 0 Å². The van der Waals surface area contributed by atoms with Crippen LogP contribution in [0.15, 0.2) is 22.6 Å². The first-order valence-electron chi connectivity index (χ1n) is 6.21. The van der Waals surface area contributed by atoms with Crippen molar-refractivity contribution >= 4 is 23.2 Å². The van der Waals surface area contributed by atoms with Crippen LogP contribution in [-0.2, 0) is 16.0 Å². The molecule has 0 fully saturated rings. The van der Waals surface area contributed by atoms with Gasteiger partial charge in [0.1, 0.15) is 0 Å². The Labute approximate surface area is 116 Å². The van der Waals surface area contributed by atoms with Gasteiger partial charge in [-0.05, 0) is 44.2 Å². The van der Waals surface area contributed by atoms with Crippen LogP contribution in [-0.4, -0.2) is 28.4 Å². The molecule has 2 heterocycles. The summed E-state index contributed by atoms with van der Waals surface area (Å²) in [6.45, 7) is 5.70. The van der Waals surface area contributed by atoms with Gasteiger partial charge >= 0.3 is 5.97 Å². The van der Waals surface area contributed by atoms with Crippen LogP contribution in [0.1, 0.15) is 37.3 Å². The normalized spacial score (nSPS) is 19.7. The molecule has 2 rings (SSSR count). The molecule has 19 heavy (non-hydrogen) atoms. The molecule has 0 saturated carbocycles. The second-order valence-corrected chi connectivity index (χ2v) is 5.78. The Balaban J connectivity index is 2.27. The van der Waals surface area contributed by atoms with Gasteiger partial charge in [-0.2, -0.15) is 0 Å². The summed E-state index contributed by atoms with van der Waals surface area (Å²) in [6, 6.07) is 2.06. The Morgan fingerprint density at radius 2 is 2.05 bits per heavy atom. The van der Waals surface area contributed by atoms with Crippen molar-refractivity contribution in [2.24, 2.45) is 0 Å². The van der Waals surface area contributed by atoms with Gasteiger partial charge < -0.3 is 10.0 Å². The zero-order valence-electron chi connectivity index (χ0n) is 11.3. The number of carbonyl (C=O) groups is 2. The van der Waals surface area contributed by atoms with Crippen LogP contribution in [0.5, 0.6) is 0 Å². The van der Waals surface area contributed by atoms with E-state index in [1.807, 2.05) is 18.4 Å². The molecule has 0 bridgehead atoms. The van der Waals surface area contributed by atoms with Crippen LogP contribution >= 0.6 is 11.3 Å². The average molecular weight is 279 g/mol. The summed E-state index contributed by atoms with van der Waals surface area (Å²) >= 11 is 1.72. The van der Waals surface area contributed by atoms with E-state index in [4.69, 9.17) is 5.11 Å². The van der Waals surface area contributed by atoms with Crippen molar-refractivity contribution in [1.82, 2.24) is 4.90 Å². The molecule has 1 aromatic rings. The number of rotatable bonds is 2. The third kappa shape index (κ3) is 2.42. The fourth-order valence-corrected chi connectivity index (χ4v) is 3.29. The summed E-state index contributed by atoms with van der Waals surface area (Å²) in [4.78, 5) is 26.4. The highest BCUT2D eigenvalue weighted by Gasteiger charge is 2.29. The number of aliphatic carboxylic acids is 1. The predicted molar refractivity (Wildman–Crippen MR) is 74.2 cm³/mol.